The number of rotatable bonds is 16. The van der Waals surface area contributed by atoms with E-state index in [1.54, 1.807) is 111 Å². The molecule has 1 aliphatic heterocycles. The van der Waals surface area contributed by atoms with Gasteiger partial charge < -0.3 is 49.6 Å². The van der Waals surface area contributed by atoms with E-state index in [0.29, 0.717) is 28.8 Å². The summed E-state index contributed by atoms with van der Waals surface area (Å²) in [4.78, 5) is 101. The highest BCUT2D eigenvalue weighted by Crippen LogP contribution is 2.64. The lowest BCUT2D eigenvalue weighted by Crippen LogP contribution is -2.82. The summed E-state index contributed by atoms with van der Waals surface area (Å²) >= 11 is 8.20. The van der Waals surface area contributed by atoms with Gasteiger partial charge in [0.2, 0.25) is 0 Å². The van der Waals surface area contributed by atoms with E-state index < -0.39 is 130 Å². The van der Waals surface area contributed by atoms with Gasteiger partial charge in [-0.15, -0.1) is 0 Å². The lowest BCUT2D eigenvalue weighted by molar-refractivity contribution is -0.346. The minimum atomic E-state index is -2.39. The zero-order chi connectivity index (χ0) is 62.9. The number of carbonyl (C=O) groups is 7. The van der Waals surface area contributed by atoms with Crippen molar-refractivity contribution in [2.24, 2.45) is 22.7 Å². The quantitative estimate of drug-likeness (QED) is 0.0177. The highest BCUT2D eigenvalue weighted by Gasteiger charge is 2.78. The summed E-state index contributed by atoms with van der Waals surface area (Å²) in [5.41, 5.74) is -4.77. The molecule has 5 aromatic rings. The van der Waals surface area contributed by atoms with Crippen LogP contribution in [0.1, 0.15) is 110 Å². The summed E-state index contributed by atoms with van der Waals surface area (Å²) in [6.45, 7) is 8.38. The van der Waals surface area contributed by atoms with E-state index in [1.165, 1.54) is 32.0 Å². The van der Waals surface area contributed by atoms with Crippen LogP contribution in [0.15, 0.2) is 132 Å². The van der Waals surface area contributed by atoms with Crippen molar-refractivity contribution in [3.05, 3.63) is 175 Å². The molecule has 0 aromatic heterocycles. The van der Waals surface area contributed by atoms with Gasteiger partial charge in [-0.05, 0) is 127 Å². The molecule has 11 atom stereocenters. The van der Waals surface area contributed by atoms with Crippen molar-refractivity contribution in [3.63, 3.8) is 0 Å². The lowest BCUT2D eigenvalue weighted by Gasteiger charge is -2.67. The van der Waals surface area contributed by atoms with Crippen molar-refractivity contribution < 1.29 is 86.2 Å². The van der Waals surface area contributed by atoms with Crippen LogP contribution >= 0.6 is 34.2 Å². The van der Waals surface area contributed by atoms with E-state index in [1.807, 2.05) is 0 Å². The number of amides is 2. The van der Waals surface area contributed by atoms with Gasteiger partial charge in [0.15, 0.2) is 35.2 Å². The van der Waals surface area contributed by atoms with E-state index in [-0.39, 0.29) is 46.6 Å². The molecule has 10 rings (SSSR count). The molecule has 23 heteroatoms. The molecule has 2 bridgehead atoms. The maximum absolute atomic E-state index is 15.5. The van der Waals surface area contributed by atoms with Crippen molar-refractivity contribution in [1.82, 2.24) is 10.8 Å². The fourth-order valence-corrected chi connectivity index (χ4v) is 13.2. The van der Waals surface area contributed by atoms with Crippen LogP contribution in [0.5, 0.6) is 0 Å². The minimum Gasteiger partial charge on any atom is -0.456 e. The summed E-state index contributed by atoms with van der Waals surface area (Å²) in [6.07, 6.45) is -8.37. The van der Waals surface area contributed by atoms with Gasteiger partial charge in [-0.2, -0.15) is 0 Å². The molecule has 87 heavy (non-hydrogen) atoms. The molecule has 3 saturated carbocycles. The van der Waals surface area contributed by atoms with Crippen LogP contribution in [0.4, 0.5) is 20.2 Å². The number of aliphatic hydroxyl groups is 3. The molecule has 1 saturated heterocycles. The first-order chi connectivity index (χ1) is 41.2. The third-order valence-electron chi connectivity index (χ3n) is 17.2. The van der Waals surface area contributed by atoms with Crippen LogP contribution in [-0.2, 0) is 47.7 Å². The molecular weight excluding hydrogens is 1270 g/mol. The molecular formula is C64H65ClF2IN3O16. The molecule has 0 radical (unpaired) electrons. The van der Waals surface area contributed by atoms with Crippen LogP contribution in [0.25, 0.3) is 0 Å². The maximum Gasteiger partial charge on any atom is 0.338 e. The number of anilines is 2. The van der Waals surface area contributed by atoms with E-state index in [0.717, 1.165) is 36.3 Å². The molecule has 0 unspecified atom stereocenters. The van der Waals surface area contributed by atoms with Gasteiger partial charge >= 0.3 is 23.9 Å². The summed E-state index contributed by atoms with van der Waals surface area (Å²) in [5.74, 6) is -9.28. The zero-order valence-electron chi connectivity index (χ0n) is 48.1. The Labute approximate surface area is 518 Å². The maximum atomic E-state index is 15.5. The van der Waals surface area contributed by atoms with Crippen LogP contribution in [0, 0.1) is 37.9 Å². The van der Waals surface area contributed by atoms with E-state index in [9.17, 15) is 52.9 Å². The van der Waals surface area contributed by atoms with Crippen molar-refractivity contribution >= 4 is 87.0 Å². The number of ketones is 1. The first-order valence-corrected chi connectivity index (χ1v) is 29.5. The number of aliphatic hydroxyl groups excluding tert-OH is 2. The third kappa shape index (κ3) is 12.8. The topological polar surface area (TPSA) is 272 Å². The number of carbonyl (C=O) groups excluding carboxylic acids is 7. The number of hydrogen-bond acceptors (Lipinski definition) is 17. The molecule has 19 nitrogen and oxygen atoms in total. The number of nitrogens with one attached hydrogen (secondary N) is 3. The molecule has 5 aliphatic rings. The fraction of sp³-hybridized carbons (Fsp3) is 0.391. The number of Topliss-reactive ketones (excluding diaryl/α,β-unsaturated/α-hetero) is 1. The summed E-state index contributed by atoms with van der Waals surface area (Å²) in [5, 5.41) is 43.3. The van der Waals surface area contributed by atoms with Gasteiger partial charge in [0.1, 0.15) is 23.9 Å². The minimum absolute atomic E-state index is 0.00289. The van der Waals surface area contributed by atoms with E-state index in [4.69, 9.17) is 40.1 Å². The average Bonchev–Trinajstić information content (AvgIpc) is 1.28. The number of ether oxygens (including phenoxy) is 5. The van der Waals surface area contributed by atoms with Crippen LogP contribution < -0.4 is 16.1 Å². The largest absolute Gasteiger partial charge is 0.456 e. The molecule has 460 valence electrons. The monoisotopic (exact) mass is 1330 g/mol. The summed E-state index contributed by atoms with van der Waals surface area (Å²) in [6, 6.07) is 30.1. The molecule has 2 amide bonds. The highest BCUT2D eigenvalue weighted by atomic mass is 127. The number of hydroxylamine groups is 1. The van der Waals surface area contributed by atoms with Crippen molar-refractivity contribution in [3.8, 4) is 0 Å². The number of benzene rings is 5. The van der Waals surface area contributed by atoms with Gasteiger partial charge in [-0.1, -0.05) is 92.2 Å². The van der Waals surface area contributed by atoms with Crippen LogP contribution in [0.2, 0.25) is 5.02 Å². The average molecular weight is 1330 g/mol. The number of esters is 4. The SMILES string of the molecule is CC(=O)O[C@H]1C(=O)[C@@]2(C)[C@H]([C@H](OC(=O)c3ccccc3)[C@]3(O)C[C@H](OC(=O)[C@H](O)[C@@H](NC(=O)c4ccccc4)c4ccccc4)C(C)=C1C3(C)C)[C@]1(OC(C)=O)CO[C@@H]1C[C@@H]2O.O=C(NOCC1CC1)c1ccc(F)c(F)c1Nc1ccc(I)cc1Cl. The van der Waals surface area contributed by atoms with Gasteiger partial charge in [-0.3, -0.25) is 28.8 Å². The fourth-order valence-electron chi connectivity index (χ4n) is 12.3. The third-order valence-corrected chi connectivity index (χ3v) is 18.2. The van der Waals surface area contributed by atoms with Gasteiger partial charge in [0.05, 0.1) is 64.2 Å². The highest BCUT2D eigenvalue weighted by molar-refractivity contribution is 14.1. The van der Waals surface area contributed by atoms with Crippen molar-refractivity contribution in [1.29, 1.82) is 0 Å². The first-order valence-electron chi connectivity index (χ1n) is 28.0. The van der Waals surface area contributed by atoms with Gasteiger partial charge in [0, 0.05) is 41.2 Å². The van der Waals surface area contributed by atoms with Gasteiger partial charge in [-0.25, -0.2) is 23.9 Å². The lowest BCUT2D eigenvalue weighted by atomic mass is 9.44. The zero-order valence-corrected chi connectivity index (χ0v) is 51.1. The van der Waals surface area contributed by atoms with Crippen LogP contribution in [-0.4, -0.2) is 118 Å². The smallest absolute Gasteiger partial charge is 0.338 e. The molecule has 1 heterocycles. The molecule has 6 N–H and O–H groups in total. The first kappa shape index (κ1) is 64.3. The summed E-state index contributed by atoms with van der Waals surface area (Å²) in [7, 11) is 0. The molecule has 5 aromatic carbocycles. The predicted molar refractivity (Wildman–Crippen MR) is 318 cm³/mol. The van der Waals surface area contributed by atoms with Crippen LogP contribution in [0.3, 0.4) is 0 Å². The molecule has 4 fully saturated rings. The second-order valence-corrected chi connectivity index (χ2v) is 24.7. The second-order valence-electron chi connectivity index (χ2n) is 23.1. The molecule has 4 aliphatic carbocycles. The Hall–Kier alpha value is -7.19. The normalized spacial score (nSPS) is 26.6. The standard InChI is InChI=1S/C47H51NO14.C17H14ClF2IN2O2/c1-25-31(60-43(56)36(52)35(28-16-10-7-11-17-28)48-41(54)29-18-12-8-13-19-29)23-47(57)40(61-42(55)30-20-14-9-15-21-30)38-45(6,32(51)22-33-46(38,24-58-33)62-27(3)50)39(53)37(59-26(2)49)34(25)44(47,4)5;18-12-7-10(21)3-6-14(12)22-16-11(4-5-13(19)15(16)20)17(24)23-25-8-9-1-2-9/h7-21,31-33,35-38,40,51-52,57H,22-24H2,1-6H3,(H,48,54);3-7,9,22H,1-2,8H2,(H,23,24)/t31-,32-,33+,35-,36+,37+,38-,40-,45+,46-,47+;/m0./s1. The predicted octanol–water partition coefficient (Wildman–Crippen LogP) is 8.77. The number of fused-ring (bicyclic) bond motifs is 5. The second kappa shape index (κ2) is 25.9. The number of hydrogen-bond donors (Lipinski definition) is 6. The van der Waals surface area contributed by atoms with Crippen molar-refractivity contribution in [2.45, 2.75) is 121 Å². The Morgan fingerprint density at radius 2 is 1.46 bits per heavy atom. The Bertz CT molecular complexity index is 3510. The van der Waals surface area contributed by atoms with Crippen molar-refractivity contribution in [2.75, 3.05) is 18.5 Å². The van der Waals surface area contributed by atoms with E-state index >= 15 is 4.79 Å². The Morgan fingerprint density at radius 1 is 0.828 bits per heavy atom. The Balaban J connectivity index is 0.000000300. The molecule has 0 spiro atoms. The van der Waals surface area contributed by atoms with Gasteiger partial charge in [0.25, 0.3) is 11.8 Å². The van der Waals surface area contributed by atoms with E-state index in [2.05, 4.69) is 38.7 Å². The summed E-state index contributed by atoms with van der Waals surface area (Å²) < 4.78 is 59.1. The Morgan fingerprint density at radius 3 is 2.05 bits per heavy atom. The number of halogens is 4. The Kier molecular flexibility index (Phi) is 19.1.